The van der Waals surface area contributed by atoms with Crippen molar-refractivity contribution < 1.29 is 18.7 Å². The van der Waals surface area contributed by atoms with Gasteiger partial charge in [0, 0.05) is 17.8 Å². The van der Waals surface area contributed by atoms with Crippen LogP contribution in [0.4, 0.5) is 5.13 Å². The van der Waals surface area contributed by atoms with E-state index in [9.17, 15) is 4.79 Å². The number of ether oxygens (including phenoxy) is 2. The van der Waals surface area contributed by atoms with Gasteiger partial charge in [-0.05, 0) is 42.8 Å². The van der Waals surface area contributed by atoms with Crippen molar-refractivity contribution in [2.24, 2.45) is 0 Å². The number of anilines is 1. The molecule has 0 atom stereocenters. The van der Waals surface area contributed by atoms with Gasteiger partial charge in [-0.3, -0.25) is 14.7 Å². The average molecular weight is 460 g/mol. The van der Waals surface area contributed by atoms with Crippen LogP contribution in [-0.2, 0) is 6.54 Å². The average Bonchev–Trinajstić information content (AvgIpc) is 3.48. The van der Waals surface area contributed by atoms with E-state index < -0.39 is 0 Å². The number of nitrogens with zero attached hydrogens (tertiary/aromatic N) is 3. The Balaban J connectivity index is 1.60. The summed E-state index contributed by atoms with van der Waals surface area (Å²) in [5.74, 6) is 1.18. The molecule has 33 heavy (non-hydrogen) atoms. The number of hydrogen-bond donors (Lipinski definition) is 0. The number of aromatic nitrogens is 2. The van der Waals surface area contributed by atoms with Crippen LogP contribution >= 0.6 is 11.3 Å². The molecule has 2 aromatic carbocycles. The van der Waals surface area contributed by atoms with E-state index in [1.165, 1.54) is 11.3 Å². The maximum absolute atomic E-state index is 13.7. The Labute approximate surface area is 194 Å². The van der Waals surface area contributed by atoms with Crippen molar-refractivity contribution in [3.63, 3.8) is 0 Å². The van der Waals surface area contributed by atoms with Gasteiger partial charge in [0.15, 0.2) is 22.2 Å². The van der Waals surface area contributed by atoms with Crippen LogP contribution in [0.1, 0.15) is 23.0 Å². The van der Waals surface area contributed by atoms with Crippen LogP contribution in [0.5, 0.6) is 11.5 Å². The Morgan fingerprint density at radius 2 is 1.97 bits per heavy atom. The molecule has 7 nitrogen and oxygen atoms in total. The van der Waals surface area contributed by atoms with Gasteiger partial charge in [0.2, 0.25) is 0 Å². The largest absolute Gasteiger partial charge is 0.493 e. The lowest BCUT2D eigenvalue weighted by Crippen LogP contribution is -2.30. The molecule has 0 spiro atoms. The number of carbonyl (C=O) groups excluding carboxylic acids is 1. The van der Waals surface area contributed by atoms with E-state index in [-0.39, 0.29) is 11.7 Å². The molecule has 0 N–H and O–H groups in total. The van der Waals surface area contributed by atoms with Crippen LogP contribution < -0.4 is 14.4 Å². The lowest BCUT2D eigenvalue weighted by molar-refractivity contribution is 0.0960. The molecular weight excluding hydrogens is 438 g/mol. The maximum Gasteiger partial charge on any atom is 0.296 e. The number of rotatable bonds is 7. The number of pyridine rings is 1. The summed E-state index contributed by atoms with van der Waals surface area (Å²) in [5, 5.41) is 1.35. The molecule has 0 bridgehead atoms. The number of methoxy groups -OCH3 is 1. The molecule has 0 saturated heterocycles. The minimum Gasteiger partial charge on any atom is -0.493 e. The first-order valence-corrected chi connectivity index (χ1v) is 11.3. The molecule has 0 aliphatic rings. The van der Waals surface area contributed by atoms with E-state index >= 15 is 0 Å². The van der Waals surface area contributed by atoms with Gasteiger partial charge in [-0.1, -0.05) is 35.6 Å². The molecule has 8 heteroatoms. The monoisotopic (exact) mass is 459 g/mol. The summed E-state index contributed by atoms with van der Waals surface area (Å²) in [4.78, 5) is 24.3. The molecule has 0 saturated carbocycles. The lowest BCUT2D eigenvalue weighted by atomic mass is 10.2. The predicted molar refractivity (Wildman–Crippen MR) is 128 cm³/mol. The van der Waals surface area contributed by atoms with Crippen molar-refractivity contribution in [2.75, 3.05) is 18.6 Å². The Morgan fingerprint density at radius 1 is 1.12 bits per heavy atom. The second-order valence-corrected chi connectivity index (χ2v) is 8.28. The summed E-state index contributed by atoms with van der Waals surface area (Å²) in [5.41, 5.74) is 2.14. The molecule has 0 radical (unpaired) electrons. The quantitative estimate of drug-likeness (QED) is 0.311. The van der Waals surface area contributed by atoms with Crippen LogP contribution in [0, 0.1) is 0 Å². The van der Waals surface area contributed by atoms with E-state index in [1.807, 2.05) is 49.4 Å². The van der Waals surface area contributed by atoms with E-state index in [0.29, 0.717) is 35.4 Å². The summed E-state index contributed by atoms with van der Waals surface area (Å²) in [7, 11) is 1.57. The van der Waals surface area contributed by atoms with Gasteiger partial charge < -0.3 is 13.9 Å². The van der Waals surface area contributed by atoms with Crippen LogP contribution in [0.15, 0.2) is 71.4 Å². The first-order valence-electron chi connectivity index (χ1n) is 10.5. The van der Waals surface area contributed by atoms with Crippen molar-refractivity contribution in [3.8, 4) is 11.5 Å². The van der Waals surface area contributed by atoms with Crippen molar-refractivity contribution in [1.82, 2.24) is 9.97 Å². The summed E-state index contributed by atoms with van der Waals surface area (Å²) >= 11 is 1.43. The highest BCUT2D eigenvalue weighted by Gasteiger charge is 2.26. The van der Waals surface area contributed by atoms with Gasteiger partial charge >= 0.3 is 0 Å². The number of furan rings is 1. The SMILES string of the molecule is CCOc1cccc2sc(N(Cc3cccnc3)C(=O)c3cc4cccc(OC)c4o3)nc12. The van der Waals surface area contributed by atoms with Crippen LogP contribution in [0.3, 0.4) is 0 Å². The highest BCUT2D eigenvalue weighted by molar-refractivity contribution is 7.22. The zero-order valence-electron chi connectivity index (χ0n) is 18.1. The van der Waals surface area contributed by atoms with Crippen LogP contribution in [-0.4, -0.2) is 29.6 Å². The molecule has 1 amide bonds. The third-order valence-electron chi connectivity index (χ3n) is 5.15. The van der Waals surface area contributed by atoms with Gasteiger partial charge in [0.25, 0.3) is 5.91 Å². The molecule has 0 unspecified atom stereocenters. The van der Waals surface area contributed by atoms with E-state index in [4.69, 9.17) is 18.9 Å². The zero-order valence-corrected chi connectivity index (χ0v) is 19.0. The van der Waals surface area contributed by atoms with Gasteiger partial charge in [0.05, 0.1) is 25.0 Å². The molecule has 5 aromatic rings. The van der Waals surface area contributed by atoms with Crippen molar-refractivity contribution in [2.45, 2.75) is 13.5 Å². The van der Waals surface area contributed by atoms with Crippen LogP contribution in [0.2, 0.25) is 0 Å². The molecule has 0 fully saturated rings. The van der Waals surface area contributed by atoms with Gasteiger partial charge in [0.1, 0.15) is 11.3 Å². The summed E-state index contributed by atoms with van der Waals surface area (Å²) in [6.45, 7) is 2.76. The summed E-state index contributed by atoms with van der Waals surface area (Å²) in [6, 6.07) is 16.8. The second kappa shape index (κ2) is 8.91. The Hall–Kier alpha value is -3.91. The van der Waals surface area contributed by atoms with E-state index in [0.717, 1.165) is 21.2 Å². The molecule has 0 aliphatic heterocycles. The molecule has 5 rings (SSSR count). The van der Waals surface area contributed by atoms with Crippen molar-refractivity contribution >= 4 is 43.6 Å². The topological polar surface area (TPSA) is 77.7 Å². The fraction of sp³-hybridized carbons (Fsp3) is 0.160. The fourth-order valence-corrected chi connectivity index (χ4v) is 4.62. The van der Waals surface area contributed by atoms with Crippen LogP contribution in [0.25, 0.3) is 21.2 Å². The number of hydrogen-bond acceptors (Lipinski definition) is 7. The second-order valence-electron chi connectivity index (χ2n) is 7.27. The zero-order chi connectivity index (χ0) is 22.8. The maximum atomic E-state index is 13.7. The first kappa shape index (κ1) is 21.0. The van der Waals surface area contributed by atoms with E-state index in [2.05, 4.69) is 4.98 Å². The highest BCUT2D eigenvalue weighted by atomic mass is 32.1. The number of thiazole rings is 1. The number of amides is 1. The third-order valence-corrected chi connectivity index (χ3v) is 6.19. The Kier molecular flexibility index (Phi) is 5.66. The third kappa shape index (κ3) is 4.01. The predicted octanol–water partition coefficient (Wildman–Crippen LogP) is 5.69. The van der Waals surface area contributed by atoms with Gasteiger partial charge in [-0.25, -0.2) is 4.98 Å². The highest BCUT2D eigenvalue weighted by Crippen LogP contribution is 2.36. The summed E-state index contributed by atoms with van der Waals surface area (Å²) in [6.07, 6.45) is 3.44. The van der Waals surface area contributed by atoms with Gasteiger partial charge in [-0.15, -0.1) is 0 Å². The fourth-order valence-electron chi connectivity index (χ4n) is 3.64. The smallest absolute Gasteiger partial charge is 0.296 e. The molecule has 3 aromatic heterocycles. The van der Waals surface area contributed by atoms with Crippen molar-refractivity contribution in [3.05, 3.63) is 78.3 Å². The number of para-hydroxylation sites is 2. The normalized spacial score (nSPS) is 11.1. The Morgan fingerprint density at radius 3 is 2.76 bits per heavy atom. The van der Waals surface area contributed by atoms with Crippen molar-refractivity contribution in [1.29, 1.82) is 0 Å². The molecule has 0 aliphatic carbocycles. The molecule has 3 heterocycles. The Bertz CT molecular complexity index is 1430. The number of carbonyl (C=O) groups is 1. The molecular formula is C25H21N3O4S. The molecule has 166 valence electrons. The first-order chi connectivity index (χ1) is 16.2. The van der Waals surface area contributed by atoms with Gasteiger partial charge in [-0.2, -0.15) is 0 Å². The lowest BCUT2D eigenvalue weighted by Gasteiger charge is -2.18. The number of benzene rings is 2. The minimum absolute atomic E-state index is 0.211. The standard InChI is InChI=1S/C25H21N3O4S/c1-3-31-18-9-5-11-21-22(18)27-25(33-21)28(15-16-7-6-12-26-14-16)24(29)20-13-17-8-4-10-19(30-2)23(17)32-20/h4-14H,3,15H2,1-2H3. The summed E-state index contributed by atoms with van der Waals surface area (Å²) < 4.78 is 18.0. The number of fused-ring (bicyclic) bond motifs is 2. The minimum atomic E-state index is -0.297. The van der Waals surface area contributed by atoms with E-state index in [1.54, 1.807) is 36.5 Å².